The molecule has 2 atom stereocenters. The highest BCUT2D eigenvalue weighted by Crippen LogP contribution is 2.20. The number of ether oxygens (including phenoxy) is 2. The van der Waals surface area contributed by atoms with Gasteiger partial charge in [0, 0.05) is 12.1 Å². The highest BCUT2D eigenvalue weighted by Gasteiger charge is 2.11. The van der Waals surface area contributed by atoms with Gasteiger partial charge in [0.2, 0.25) is 0 Å². The molecule has 130 valence electrons. The van der Waals surface area contributed by atoms with Gasteiger partial charge in [-0.25, -0.2) is 0 Å². The van der Waals surface area contributed by atoms with E-state index in [1.165, 1.54) is 11.1 Å². The summed E-state index contributed by atoms with van der Waals surface area (Å²) in [4.78, 5) is 0. The molecular weight excluding hydrogens is 300 g/mol. The van der Waals surface area contributed by atoms with Crippen LogP contribution in [0.25, 0.3) is 0 Å². The zero-order chi connectivity index (χ0) is 17.4. The van der Waals surface area contributed by atoms with Crippen LogP contribution in [0, 0.1) is 0 Å². The lowest BCUT2D eigenvalue weighted by atomic mass is 10.1. The molecule has 2 aromatic rings. The van der Waals surface area contributed by atoms with Gasteiger partial charge >= 0.3 is 0 Å². The molecule has 0 fully saturated rings. The van der Waals surface area contributed by atoms with Gasteiger partial charge in [0.1, 0.15) is 11.5 Å². The molecule has 0 aliphatic carbocycles. The molecular formula is C20H28N2O2. The minimum absolute atomic E-state index is 0.293. The number of hydrogen-bond acceptors (Lipinski definition) is 4. The van der Waals surface area contributed by atoms with E-state index in [0.29, 0.717) is 12.1 Å². The summed E-state index contributed by atoms with van der Waals surface area (Å²) in [7, 11) is 3.43. The van der Waals surface area contributed by atoms with Crippen molar-refractivity contribution in [3.05, 3.63) is 59.7 Å². The van der Waals surface area contributed by atoms with Crippen LogP contribution < -0.4 is 20.3 Å². The molecule has 2 N–H and O–H groups in total. The fourth-order valence-electron chi connectivity index (χ4n) is 2.79. The van der Waals surface area contributed by atoms with Gasteiger partial charge in [-0.2, -0.15) is 0 Å². The average molecular weight is 328 g/mol. The predicted octanol–water partition coefficient (Wildman–Crippen LogP) is 3.36. The van der Waals surface area contributed by atoms with Crippen LogP contribution in [0.2, 0.25) is 0 Å². The van der Waals surface area contributed by atoms with Crippen molar-refractivity contribution in [3.8, 4) is 11.5 Å². The second-order valence-corrected chi connectivity index (χ2v) is 6.12. The zero-order valence-corrected chi connectivity index (χ0v) is 15.0. The number of benzene rings is 2. The summed E-state index contributed by atoms with van der Waals surface area (Å²) in [5.74, 6) is 1.88. The third kappa shape index (κ3) is 5.25. The highest BCUT2D eigenvalue weighted by atomic mass is 16.5. The summed E-state index contributed by atoms with van der Waals surface area (Å²) in [6.07, 6.45) is 1.80. The Hall–Kier alpha value is -2.04. The van der Waals surface area contributed by atoms with Crippen molar-refractivity contribution in [3.63, 3.8) is 0 Å². The third-order valence-electron chi connectivity index (χ3n) is 4.01. The quantitative estimate of drug-likeness (QED) is 0.693. The van der Waals surface area contributed by atoms with Crippen molar-refractivity contribution in [2.24, 2.45) is 0 Å². The Morgan fingerprint density at radius 3 is 1.46 bits per heavy atom. The van der Waals surface area contributed by atoms with E-state index in [1.54, 1.807) is 14.2 Å². The lowest BCUT2D eigenvalue weighted by Gasteiger charge is -2.21. The summed E-state index contributed by atoms with van der Waals surface area (Å²) in [5, 5.41) is 0. The summed E-state index contributed by atoms with van der Waals surface area (Å²) in [6, 6.07) is 16.9. The van der Waals surface area contributed by atoms with Crippen molar-refractivity contribution in [1.82, 2.24) is 10.9 Å². The maximum absolute atomic E-state index is 5.41. The lowest BCUT2D eigenvalue weighted by Crippen LogP contribution is -2.46. The normalized spacial score (nSPS) is 13.3. The summed E-state index contributed by atoms with van der Waals surface area (Å²) in [5.41, 5.74) is 9.20. The predicted molar refractivity (Wildman–Crippen MR) is 98.6 cm³/mol. The Bertz CT molecular complexity index is 575. The molecule has 0 aliphatic heterocycles. The molecule has 0 aliphatic rings. The molecule has 0 radical (unpaired) electrons. The second kappa shape index (κ2) is 9.30. The Morgan fingerprint density at radius 2 is 1.08 bits per heavy atom. The van der Waals surface area contributed by atoms with Crippen molar-refractivity contribution in [2.75, 3.05) is 14.2 Å². The Morgan fingerprint density at radius 1 is 0.708 bits per heavy atom. The Kier molecular flexibility index (Phi) is 7.09. The topological polar surface area (TPSA) is 42.5 Å². The van der Waals surface area contributed by atoms with Gasteiger partial charge in [-0.3, -0.25) is 10.9 Å². The first kappa shape index (κ1) is 18.3. The minimum Gasteiger partial charge on any atom is -0.496 e. The van der Waals surface area contributed by atoms with E-state index >= 15 is 0 Å². The monoisotopic (exact) mass is 328 g/mol. The number of hydrogen-bond donors (Lipinski definition) is 2. The molecule has 4 heteroatoms. The Balaban J connectivity index is 1.83. The first-order chi connectivity index (χ1) is 11.6. The third-order valence-corrected chi connectivity index (χ3v) is 4.01. The molecule has 2 rings (SSSR count). The zero-order valence-electron chi connectivity index (χ0n) is 15.0. The average Bonchev–Trinajstić information content (AvgIpc) is 2.61. The van der Waals surface area contributed by atoms with Crippen LogP contribution in [0.5, 0.6) is 11.5 Å². The van der Waals surface area contributed by atoms with E-state index in [0.717, 1.165) is 24.3 Å². The minimum atomic E-state index is 0.293. The van der Waals surface area contributed by atoms with Crippen molar-refractivity contribution in [2.45, 2.75) is 38.8 Å². The molecule has 2 aromatic carbocycles. The number of hydrazine groups is 1. The van der Waals surface area contributed by atoms with E-state index in [9.17, 15) is 0 Å². The largest absolute Gasteiger partial charge is 0.496 e. The molecule has 0 aromatic heterocycles. The van der Waals surface area contributed by atoms with Crippen LogP contribution in [-0.2, 0) is 12.8 Å². The molecule has 0 saturated heterocycles. The van der Waals surface area contributed by atoms with Gasteiger partial charge < -0.3 is 9.47 Å². The van der Waals surface area contributed by atoms with Crippen molar-refractivity contribution >= 4 is 0 Å². The molecule has 0 amide bonds. The molecule has 0 spiro atoms. The van der Waals surface area contributed by atoms with Crippen LogP contribution in [-0.4, -0.2) is 26.3 Å². The molecule has 4 nitrogen and oxygen atoms in total. The Labute approximate surface area is 145 Å². The summed E-state index contributed by atoms with van der Waals surface area (Å²) in [6.45, 7) is 4.32. The first-order valence-corrected chi connectivity index (χ1v) is 8.39. The smallest absolute Gasteiger partial charge is 0.122 e. The number of para-hydroxylation sites is 2. The fourth-order valence-corrected chi connectivity index (χ4v) is 2.79. The standard InChI is InChI=1S/C20H28N2O2/c1-15(13-17-9-5-7-11-19(17)23-3)21-22-16(2)14-18-10-6-8-12-20(18)24-4/h5-12,15-16,21-22H,13-14H2,1-4H3. The molecule has 0 saturated carbocycles. The molecule has 2 unspecified atom stereocenters. The summed E-state index contributed by atoms with van der Waals surface area (Å²) >= 11 is 0. The van der Waals surface area contributed by atoms with Crippen LogP contribution in [0.1, 0.15) is 25.0 Å². The van der Waals surface area contributed by atoms with Crippen molar-refractivity contribution in [1.29, 1.82) is 0 Å². The maximum Gasteiger partial charge on any atom is 0.122 e. The highest BCUT2D eigenvalue weighted by molar-refractivity contribution is 5.34. The van der Waals surface area contributed by atoms with E-state index in [2.05, 4.69) is 36.8 Å². The molecule has 24 heavy (non-hydrogen) atoms. The second-order valence-electron chi connectivity index (χ2n) is 6.12. The molecule has 0 bridgehead atoms. The van der Waals surface area contributed by atoms with Gasteiger partial charge in [0.05, 0.1) is 14.2 Å². The SMILES string of the molecule is COc1ccccc1CC(C)NNC(C)Cc1ccccc1OC. The lowest BCUT2D eigenvalue weighted by molar-refractivity contribution is 0.375. The fraction of sp³-hybridized carbons (Fsp3) is 0.400. The van der Waals surface area contributed by atoms with Crippen LogP contribution >= 0.6 is 0 Å². The van der Waals surface area contributed by atoms with Gasteiger partial charge in [-0.15, -0.1) is 0 Å². The van der Waals surface area contributed by atoms with E-state index in [1.807, 2.05) is 36.4 Å². The number of rotatable bonds is 9. The van der Waals surface area contributed by atoms with E-state index < -0.39 is 0 Å². The van der Waals surface area contributed by atoms with Crippen LogP contribution in [0.3, 0.4) is 0 Å². The van der Waals surface area contributed by atoms with Gasteiger partial charge in [0.25, 0.3) is 0 Å². The first-order valence-electron chi connectivity index (χ1n) is 8.39. The van der Waals surface area contributed by atoms with Gasteiger partial charge in [0.15, 0.2) is 0 Å². The van der Waals surface area contributed by atoms with Crippen LogP contribution in [0.4, 0.5) is 0 Å². The van der Waals surface area contributed by atoms with E-state index in [-0.39, 0.29) is 0 Å². The van der Waals surface area contributed by atoms with Crippen LogP contribution in [0.15, 0.2) is 48.5 Å². The maximum atomic E-state index is 5.41. The summed E-state index contributed by atoms with van der Waals surface area (Å²) < 4.78 is 10.8. The van der Waals surface area contributed by atoms with Gasteiger partial charge in [-0.1, -0.05) is 36.4 Å². The van der Waals surface area contributed by atoms with Gasteiger partial charge in [-0.05, 0) is 49.9 Å². The number of methoxy groups -OCH3 is 2. The van der Waals surface area contributed by atoms with E-state index in [4.69, 9.17) is 9.47 Å². The van der Waals surface area contributed by atoms with Crippen molar-refractivity contribution < 1.29 is 9.47 Å². The number of nitrogens with one attached hydrogen (secondary N) is 2. The molecule has 0 heterocycles.